The van der Waals surface area contributed by atoms with Crippen LogP contribution in [-0.4, -0.2) is 41.4 Å². The minimum atomic E-state index is -0.145. The van der Waals surface area contributed by atoms with Gasteiger partial charge in [0.25, 0.3) is 0 Å². The van der Waals surface area contributed by atoms with Crippen LogP contribution in [0.3, 0.4) is 0 Å². The highest BCUT2D eigenvalue weighted by atomic mass is 16.5. The molecule has 1 amide bonds. The maximum atomic E-state index is 13.1. The van der Waals surface area contributed by atoms with Crippen LogP contribution in [0.2, 0.25) is 0 Å². The van der Waals surface area contributed by atoms with E-state index in [0.29, 0.717) is 28.9 Å². The number of rotatable bonds is 5. The Morgan fingerprint density at radius 2 is 1.93 bits per heavy atom. The zero-order valence-electron chi connectivity index (χ0n) is 16.5. The highest BCUT2D eigenvalue weighted by molar-refractivity contribution is 5.82. The number of fused-ring (bicyclic) bond motifs is 1. The fraction of sp³-hybridized carbons (Fsp3) is 0.318. The van der Waals surface area contributed by atoms with Gasteiger partial charge >= 0.3 is 0 Å². The van der Waals surface area contributed by atoms with E-state index in [4.69, 9.17) is 9.47 Å². The molecule has 0 N–H and O–H groups in total. The van der Waals surface area contributed by atoms with E-state index in [9.17, 15) is 9.59 Å². The van der Waals surface area contributed by atoms with Gasteiger partial charge in [-0.1, -0.05) is 18.2 Å². The summed E-state index contributed by atoms with van der Waals surface area (Å²) in [6.45, 7) is 0.778. The molecule has 0 bridgehead atoms. The topological polar surface area (TPSA) is 73.7 Å². The van der Waals surface area contributed by atoms with Crippen LogP contribution in [0.1, 0.15) is 24.4 Å². The molecule has 29 heavy (non-hydrogen) atoms. The van der Waals surface area contributed by atoms with E-state index in [0.717, 1.165) is 18.4 Å². The lowest BCUT2D eigenvalue weighted by Gasteiger charge is -2.26. The smallest absolute Gasteiger partial charge is 0.244 e. The summed E-state index contributed by atoms with van der Waals surface area (Å²) in [6.07, 6.45) is 3.09. The molecule has 1 fully saturated rings. The Hall–Kier alpha value is -3.35. The lowest BCUT2D eigenvalue weighted by atomic mass is 10.0. The monoisotopic (exact) mass is 393 g/mol. The van der Waals surface area contributed by atoms with Crippen molar-refractivity contribution in [3.63, 3.8) is 0 Å². The second-order valence-corrected chi connectivity index (χ2v) is 7.04. The number of carbonyl (C=O) groups is 1. The second-order valence-electron chi connectivity index (χ2n) is 7.04. The number of nitrogens with zero attached hydrogens (tertiary/aromatic N) is 3. The van der Waals surface area contributed by atoms with Gasteiger partial charge in [0.05, 0.1) is 32.0 Å². The summed E-state index contributed by atoms with van der Waals surface area (Å²) in [5, 5.41) is 4.75. The first-order valence-corrected chi connectivity index (χ1v) is 9.58. The summed E-state index contributed by atoms with van der Waals surface area (Å²) in [6, 6.07) is 13.0. The number of hydrogen-bond acceptors (Lipinski definition) is 5. The Morgan fingerprint density at radius 3 is 2.72 bits per heavy atom. The lowest BCUT2D eigenvalue weighted by molar-refractivity contribution is -0.132. The van der Waals surface area contributed by atoms with Gasteiger partial charge in [0.15, 0.2) is 11.5 Å². The molecule has 0 aliphatic carbocycles. The van der Waals surface area contributed by atoms with Crippen molar-refractivity contribution in [2.45, 2.75) is 25.4 Å². The van der Waals surface area contributed by atoms with Crippen molar-refractivity contribution >= 4 is 16.8 Å². The van der Waals surface area contributed by atoms with E-state index in [2.05, 4.69) is 5.10 Å². The summed E-state index contributed by atoms with van der Waals surface area (Å²) in [5.74, 6) is 1.29. The largest absolute Gasteiger partial charge is 0.493 e. The third-order valence-corrected chi connectivity index (χ3v) is 5.41. The number of methoxy groups -OCH3 is 2. The van der Waals surface area contributed by atoms with E-state index >= 15 is 0 Å². The third-order valence-electron chi connectivity index (χ3n) is 5.41. The van der Waals surface area contributed by atoms with Crippen molar-refractivity contribution in [3.8, 4) is 11.5 Å². The fourth-order valence-corrected chi connectivity index (χ4v) is 3.98. The van der Waals surface area contributed by atoms with Gasteiger partial charge in [0.1, 0.15) is 6.54 Å². The van der Waals surface area contributed by atoms with E-state index in [1.807, 2.05) is 41.3 Å². The first kappa shape index (κ1) is 19.0. The van der Waals surface area contributed by atoms with Gasteiger partial charge in [-0.2, -0.15) is 5.10 Å². The number of carbonyl (C=O) groups excluding carboxylic acids is 1. The van der Waals surface area contributed by atoms with Gasteiger partial charge in [-0.25, -0.2) is 0 Å². The van der Waals surface area contributed by atoms with Crippen LogP contribution < -0.4 is 14.9 Å². The first-order valence-electron chi connectivity index (χ1n) is 9.58. The number of benzene rings is 2. The van der Waals surface area contributed by atoms with Gasteiger partial charge in [-0.15, -0.1) is 0 Å². The van der Waals surface area contributed by atoms with Crippen LogP contribution >= 0.6 is 0 Å². The number of likely N-dealkylation sites (tertiary alicyclic amines) is 1. The quantitative estimate of drug-likeness (QED) is 0.666. The van der Waals surface area contributed by atoms with Crippen molar-refractivity contribution in [1.82, 2.24) is 14.7 Å². The molecule has 1 saturated heterocycles. The van der Waals surface area contributed by atoms with Crippen LogP contribution in [-0.2, 0) is 11.3 Å². The minimum absolute atomic E-state index is 0.0204. The normalized spacial score (nSPS) is 16.2. The van der Waals surface area contributed by atoms with Crippen LogP contribution in [0, 0.1) is 0 Å². The lowest BCUT2D eigenvalue weighted by Crippen LogP contribution is -2.34. The molecule has 0 spiro atoms. The predicted molar refractivity (Wildman–Crippen MR) is 109 cm³/mol. The van der Waals surface area contributed by atoms with Crippen LogP contribution in [0.25, 0.3) is 10.9 Å². The number of hydrogen-bond donors (Lipinski definition) is 0. The second kappa shape index (κ2) is 7.95. The SMILES string of the molecule is COc1ccc(C2CCCN2C(=O)Cn2ncc(=O)c3ccccc32)cc1OC. The Kier molecular flexibility index (Phi) is 5.20. The van der Waals surface area contributed by atoms with Gasteiger partial charge in [0.2, 0.25) is 11.3 Å². The van der Waals surface area contributed by atoms with Crippen LogP contribution in [0.5, 0.6) is 11.5 Å². The number of ether oxygens (including phenoxy) is 2. The molecule has 7 heteroatoms. The predicted octanol–water partition coefficient (Wildman–Crippen LogP) is 2.78. The molecule has 0 radical (unpaired) electrons. The van der Waals surface area contributed by atoms with Gasteiger partial charge < -0.3 is 14.4 Å². The molecule has 2 heterocycles. The van der Waals surface area contributed by atoms with E-state index < -0.39 is 0 Å². The molecule has 150 valence electrons. The van der Waals surface area contributed by atoms with Crippen LogP contribution in [0.15, 0.2) is 53.5 Å². The van der Waals surface area contributed by atoms with Gasteiger partial charge in [-0.3, -0.25) is 14.3 Å². The molecular weight excluding hydrogens is 370 g/mol. The molecule has 2 aromatic carbocycles. The van der Waals surface area contributed by atoms with Gasteiger partial charge in [0, 0.05) is 11.9 Å². The molecule has 3 aromatic rings. The minimum Gasteiger partial charge on any atom is -0.493 e. The number of para-hydroxylation sites is 1. The summed E-state index contributed by atoms with van der Waals surface area (Å²) < 4.78 is 12.3. The standard InChI is InChI=1S/C22H23N3O4/c1-28-20-10-9-15(12-21(20)29-2)17-8-5-11-24(17)22(27)14-25-18-7-4-3-6-16(18)19(26)13-23-25/h3-4,6-7,9-10,12-13,17H,5,8,11,14H2,1-2H3. The first-order chi connectivity index (χ1) is 14.1. The maximum absolute atomic E-state index is 13.1. The molecule has 1 atom stereocenters. The van der Waals surface area contributed by atoms with E-state index in [-0.39, 0.29) is 23.9 Å². The van der Waals surface area contributed by atoms with Crippen molar-refractivity contribution < 1.29 is 14.3 Å². The average Bonchev–Trinajstić information content (AvgIpc) is 3.25. The summed E-state index contributed by atoms with van der Waals surface area (Å²) in [5.41, 5.74) is 1.54. The third kappa shape index (κ3) is 3.55. The Balaban J connectivity index is 1.61. The van der Waals surface area contributed by atoms with E-state index in [1.54, 1.807) is 25.0 Å². The zero-order chi connectivity index (χ0) is 20.4. The van der Waals surface area contributed by atoms with Crippen molar-refractivity contribution in [2.24, 2.45) is 0 Å². The van der Waals surface area contributed by atoms with E-state index in [1.165, 1.54) is 6.20 Å². The van der Waals surface area contributed by atoms with Crippen molar-refractivity contribution in [2.75, 3.05) is 20.8 Å². The molecule has 1 aliphatic heterocycles. The average molecular weight is 393 g/mol. The summed E-state index contributed by atoms with van der Waals surface area (Å²) in [4.78, 5) is 27.0. The molecule has 4 rings (SSSR count). The highest BCUT2D eigenvalue weighted by Gasteiger charge is 2.30. The summed E-state index contributed by atoms with van der Waals surface area (Å²) in [7, 11) is 3.21. The number of aromatic nitrogens is 2. The Morgan fingerprint density at radius 1 is 1.14 bits per heavy atom. The zero-order valence-corrected chi connectivity index (χ0v) is 16.5. The molecule has 7 nitrogen and oxygen atoms in total. The van der Waals surface area contributed by atoms with Crippen LogP contribution in [0.4, 0.5) is 0 Å². The number of amides is 1. The Labute approximate surface area is 168 Å². The molecule has 1 aliphatic rings. The van der Waals surface area contributed by atoms with Crippen molar-refractivity contribution in [3.05, 3.63) is 64.4 Å². The Bertz CT molecular complexity index is 1110. The van der Waals surface area contributed by atoms with Gasteiger partial charge in [-0.05, 0) is 42.7 Å². The maximum Gasteiger partial charge on any atom is 0.244 e. The highest BCUT2D eigenvalue weighted by Crippen LogP contribution is 2.37. The molecule has 1 unspecified atom stereocenters. The fourth-order valence-electron chi connectivity index (χ4n) is 3.98. The van der Waals surface area contributed by atoms with Crippen molar-refractivity contribution in [1.29, 1.82) is 0 Å². The molecule has 0 saturated carbocycles. The molecule has 1 aromatic heterocycles. The molecular formula is C22H23N3O4. The summed E-state index contributed by atoms with van der Waals surface area (Å²) >= 11 is 0.